The second kappa shape index (κ2) is 12.7. The van der Waals surface area contributed by atoms with Crippen molar-refractivity contribution in [1.29, 1.82) is 0 Å². The van der Waals surface area contributed by atoms with E-state index in [1.165, 1.54) is 12.1 Å². The lowest BCUT2D eigenvalue weighted by Gasteiger charge is -2.13. The van der Waals surface area contributed by atoms with E-state index in [9.17, 15) is 36.2 Å². The first kappa shape index (κ1) is 34.3. The summed E-state index contributed by atoms with van der Waals surface area (Å²) in [5.41, 5.74) is 4.53. The minimum absolute atomic E-state index is 0.347. The highest BCUT2D eigenvalue weighted by Gasteiger charge is 2.23. The zero-order chi connectivity index (χ0) is 36.1. The fourth-order valence-electron chi connectivity index (χ4n) is 5.93. The molecule has 4 N–H and O–H groups in total. The monoisotopic (exact) mass is 710 g/mol. The second-order valence-corrected chi connectivity index (χ2v) is 14.6. The zero-order valence-corrected chi connectivity index (χ0v) is 28.7. The summed E-state index contributed by atoms with van der Waals surface area (Å²) in [6, 6.07) is 23.0. The Morgan fingerprint density at radius 2 is 0.760 bits per heavy atom. The van der Waals surface area contributed by atoms with E-state index in [0.29, 0.717) is 55.2 Å². The Morgan fingerprint density at radius 3 is 1.08 bits per heavy atom. The Kier molecular flexibility index (Phi) is 8.74. The van der Waals surface area contributed by atoms with Gasteiger partial charge in [0.05, 0.1) is 11.4 Å². The SMILES string of the molecule is Cc1cc(-c2cc(C)c(/N=N/c3c(S(=O)(=O)O)cc4ccccc4c3O)c(C)c2)cc(C)c1/N=N/c1c(S(=O)(=O)O)cc2ccccc2c1O. The van der Waals surface area contributed by atoms with Crippen LogP contribution in [0.1, 0.15) is 22.3 Å². The van der Waals surface area contributed by atoms with Crippen LogP contribution in [0.15, 0.2) is 115 Å². The van der Waals surface area contributed by atoms with Gasteiger partial charge >= 0.3 is 0 Å². The predicted molar refractivity (Wildman–Crippen MR) is 190 cm³/mol. The van der Waals surface area contributed by atoms with Crippen molar-refractivity contribution in [3.63, 3.8) is 0 Å². The van der Waals surface area contributed by atoms with Gasteiger partial charge in [-0.25, -0.2) is 0 Å². The van der Waals surface area contributed by atoms with Crippen LogP contribution in [-0.4, -0.2) is 36.2 Å². The van der Waals surface area contributed by atoms with Crippen molar-refractivity contribution >= 4 is 64.5 Å². The molecule has 0 saturated heterocycles. The van der Waals surface area contributed by atoms with Gasteiger partial charge in [0.25, 0.3) is 20.2 Å². The van der Waals surface area contributed by atoms with Gasteiger partial charge in [-0.15, -0.1) is 20.5 Å². The van der Waals surface area contributed by atoms with Gasteiger partial charge in [-0.2, -0.15) is 16.8 Å². The molecule has 0 aliphatic rings. The lowest BCUT2D eigenvalue weighted by Crippen LogP contribution is -1.99. The average molecular weight is 711 g/mol. The van der Waals surface area contributed by atoms with Gasteiger partial charge in [-0.1, -0.05) is 48.5 Å². The van der Waals surface area contributed by atoms with Crippen LogP contribution < -0.4 is 0 Å². The largest absolute Gasteiger partial charge is 0.505 e. The van der Waals surface area contributed by atoms with Crippen LogP contribution in [-0.2, 0) is 20.2 Å². The molecule has 14 heteroatoms. The molecule has 0 amide bonds. The smallest absolute Gasteiger partial charge is 0.296 e. The van der Waals surface area contributed by atoms with Crippen molar-refractivity contribution in [2.24, 2.45) is 20.5 Å². The van der Waals surface area contributed by atoms with E-state index in [1.807, 2.05) is 24.3 Å². The molecule has 6 rings (SSSR count). The van der Waals surface area contributed by atoms with Crippen molar-refractivity contribution in [3.8, 4) is 22.6 Å². The number of nitrogens with zero attached hydrogens (tertiary/aromatic N) is 4. The van der Waals surface area contributed by atoms with Gasteiger partial charge in [-0.3, -0.25) is 9.11 Å². The van der Waals surface area contributed by atoms with Crippen molar-refractivity contribution in [1.82, 2.24) is 0 Å². The molecular formula is C36H30N4O8S2. The standard InChI is InChI=1S/C36H30N4O8S2/c1-19-13-25(14-20(2)31(19)37-39-33-29(49(43,44)45)17-23-9-5-7-11-27(23)35(33)41)26-15-21(3)32(22(4)16-26)38-40-34-30(50(46,47)48)18-24-10-6-8-12-28(24)36(34)42/h5-18,41-42H,1-4H3,(H,43,44,45)(H,46,47,48)/b39-37+,40-38+. The van der Waals surface area contributed by atoms with E-state index in [-0.39, 0.29) is 11.4 Å². The number of phenolic OH excluding ortho intramolecular Hbond substituents is 2. The summed E-state index contributed by atoms with van der Waals surface area (Å²) in [5, 5.41) is 40.0. The third kappa shape index (κ3) is 6.44. The number of benzene rings is 6. The molecule has 50 heavy (non-hydrogen) atoms. The molecular weight excluding hydrogens is 681 g/mol. The Bertz CT molecular complexity index is 2440. The van der Waals surface area contributed by atoms with Crippen LogP contribution in [0.3, 0.4) is 0 Å². The van der Waals surface area contributed by atoms with E-state index in [1.54, 1.807) is 76.2 Å². The number of rotatable bonds is 7. The van der Waals surface area contributed by atoms with Crippen molar-refractivity contribution in [3.05, 3.63) is 107 Å². The summed E-state index contributed by atoms with van der Waals surface area (Å²) >= 11 is 0. The molecule has 0 aliphatic heterocycles. The van der Waals surface area contributed by atoms with Crippen LogP contribution >= 0.6 is 0 Å². The molecule has 0 spiro atoms. The molecule has 12 nitrogen and oxygen atoms in total. The summed E-state index contributed by atoms with van der Waals surface area (Å²) in [7, 11) is -9.49. The number of fused-ring (bicyclic) bond motifs is 2. The molecule has 0 unspecified atom stereocenters. The van der Waals surface area contributed by atoms with Gasteiger partial charge < -0.3 is 10.2 Å². The predicted octanol–water partition coefficient (Wildman–Crippen LogP) is 9.63. The first-order chi connectivity index (χ1) is 23.5. The van der Waals surface area contributed by atoms with Gasteiger partial charge in [0.1, 0.15) is 21.2 Å². The number of hydrogen-bond acceptors (Lipinski definition) is 10. The average Bonchev–Trinajstić information content (AvgIpc) is 3.04. The van der Waals surface area contributed by atoms with Crippen molar-refractivity contribution < 1.29 is 36.2 Å². The lowest BCUT2D eigenvalue weighted by atomic mass is 9.95. The number of phenols is 2. The molecule has 0 saturated carbocycles. The fourth-order valence-corrected chi connectivity index (χ4v) is 7.25. The number of aromatic hydroxyl groups is 2. The highest BCUT2D eigenvalue weighted by atomic mass is 32.2. The van der Waals surface area contributed by atoms with Crippen LogP contribution in [0.4, 0.5) is 22.7 Å². The maximum atomic E-state index is 12.2. The minimum atomic E-state index is -4.74. The first-order valence-corrected chi connectivity index (χ1v) is 17.9. The van der Waals surface area contributed by atoms with E-state index < -0.39 is 41.5 Å². The molecule has 6 aromatic rings. The van der Waals surface area contributed by atoms with Crippen molar-refractivity contribution in [2.75, 3.05) is 0 Å². The Labute approximate surface area is 287 Å². The van der Waals surface area contributed by atoms with E-state index >= 15 is 0 Å². The highest BCUT2D eigenvalue weighted by molar-refractivity contribution is 7.86. The molecule has 0 heterocycles. The van der Waals surface area contributed by atoms with Crippen LogP contribution in [0.5, 0.6) is 11.5 Å². The second-order valence-electron chi connectivity index (χ2n) is 11.9. The third-order valence-corrected chi connectivity index (χ3v) is 10.0. The summed E-state index contributed by atoms with van der Waals surface area (Å²) in [6.45, 7) is 7.22. The number of aryl methyl sites for hydroxylation is 4. The zero-order valence-electron chi connectivity index (χ0n) is 27.1. The summed E-state index contributed by atoms with van der Waals surface area (Å²) < 4.78 is 68.5. The lowest BCUT2D eigenvalue weighted by molar-refractivity contribution is 0.471. The molecule has 0 radical (unpaired) electrons. The van der Waals surface area contributed by atoms with Crippen LogP contribution in [0, 0.1) is 27.7 Å². The van der Waals surface area contributed by atoms with Crippen LogP contribution in [0.2, 0.25) is 0 Å². The summed E-state index contributed by atoms with van der Waals surface area (Å²) in [4.78, 5) is -1.14. The first-order valence-electron chi connectivity index (χ1n) is 15.1. The Hall–Kier alpha value is -5.54. The van der Waals surface area contributed by atoms with Gasteiger partial charge in [-0.05, 0) is 108 Å². The third-order valence-electron chi connectivity index (χ3n) is 8.29. The molecule has 0 fully saturated rings. The van der Waals surface area contributed by atoms with Crippen LogP contribution in [0.25, 0.3) is 32.7 Å². The molecule has 0 bridgehead atoms. The molecule has 254 valence electrons. The summed E-state index contributed by atoms with van der Waals surface area (Å²) in [5.74, 6) is -0.862. The minimum Gasteiger partial charge on any atom is -0.505 e. The Balaban J connectivity index is 1.36. The van der Waals surface area contributed by atoms with Gasteiger partial charge in [0.15, 0.2) is 11.5 Å². The molecule has 0 aliphatic carbocycles. The molecule has 0 atom stereocenters. The van der Waals surface area contributed by atoms with Gasteiger partial charge in [0.2, 0.25) is 0 Å². The topological polar surface area (TPSA) is 199 Å². The molecule has 0 aromatic heterocycles. The quantitative estimate of drug-likeness (QED) is 0.0926. The Morgan fingerprint density at radius 1 is 0.460 bits per heavy atom. The normalized spacial score (nSPS) is 12.5. The van der Waals surface area contributed by atoms with Gasteiger partial charge in [0, 0.05) is 10.8 Å². The van der Waals surface area contributed by atoms with Crippen molar-refractivity contribution in [2.45, 2.75) is 37.5 Å². The number of hydrogen-bond donors (Lipinski definition) is 4. The summed E-state index contributed by atoms with van der Waals surface area (Å²) in [6.07, 6.45) is 0. The highest BCUT2D eigenvalue weighted by Crippen LogP contribution is 2.44. The van der Waals surface area contributed by atoms with E-state index in [0.717, 1.165) is 11.1 Å². The number of azo groups is 2. The maximum absolute atomic E-state index is 12.2. The fraction of sp³-hybridized carbons (Fsp3) is 0.111. The van der Waals surface area contributed by atoms with E-state index in [4.69, 9.17) is 0 Å². The maximum Gasteiger partial charge on any atom is 0.296 e. The molecule has 6 aromatic carbocycles. The van der Waals surface area contributed by atoms with E-state index in [2.05, 4.69) is 20.5 Å².